The lowest BCUT2D eigenvalue weighted by molar-refractivity contribution is -0.143. The van der Waals surface area contributed by atoms with Crippen LogP contribution in [0.15, 0.2) is 78.9 Å². The third-order valence-corrected chi connectivity index (χ3v) is 5.63. The standard InChI is InChI=1S/C25H26O4/c1-25(19-10-6-4-7-11-19,20-12-8-5-9-13-20)21(24(26)27)16-18-14-15-22(28-2)23(17-18)29-3/h4-15,17,21H,16H2,1-3H3,(H,26,27)/t21-/m1/s1. The second-order valence-corrected chi connectivity index (χ2v) is 7.22. The van der Waals surface area contributed by atoms with Crippen molar-refractivity contribution in [2.45, 2.75) is 18.8 Å². The van der Waals surface area contributed by atoms with Crippen LogP contribution in [0.2, 0.25) is 0 Å². The average molecular weight is 390 g/mol. The topological polar surface area (TPSA) is 55.8 Å². The third-order valence-electron chi connectivity index (χ3n) is 5.63. The van der Waals surface area contributed by atoms with E-state index in [1.165, 1.54) is 0 Å². The number of benzene rings is 3. The van der Waals surface area contributed by atoms with Crippen molar-refractivity contribution in [3.05, 3.63) is 95.6 Å². The maximum absolute atomic E-state index is 12.5. The van der Waals surface area contributed by atoms with Crippen molar-refractivity contribution in [2.24, 2.45) is 5.92 Å². The second-order valence-electron chi connectivity index (χ2n) is 7.22. The minimum absolute atomic E-state index is 0.357. The van der Waals surface area contributed by atoms with Gasteiger partial charge in [-0.3, -0.25) is 4.79 Å². The van der Waals surface area contributed by atoms with Crippen LogP contribution in [0.3, 0.4) is 0 Å². The fourth-order valence-electron chi connectivity index (χ4n) is 3.92. The Hall–Kier alpha value is -3.27. The summed E-state index contributed by atoms with van der Waals surface area (Å²) in [6, 6.07) is 25.2. The van der Waals surface area contributed by atoms with Crippen LogP contribution in [-0.2, 0) is 16.6 Å². The number of carboxylic acid groups (broad SMARTS) is 1. The third kappa shape index (κ3) is 4.11. The number of carbonyl (C=O) groups is 1. The zero-order chi connectivity index (χ0) is 20.9. The van der Waals surface area contributed by atoms with E-state index < -0.39 is 17.3 Å². The molecule has 4 heteroatoms. The van der Waals surface area contributed by atoms with Crippen molar-refractivity contribution in [3.8, 4) is 11.5 Å². The molecule has 3 rings (SSSR count). The molecular formula is C25H26O4. The van der Waals surface area contributed by atoms with Crippen molar-refractivity contribution >= 4 is 5.97 Å². The van der Waals surface area contributed by atoms with Gasteiger partial charge in [0.05, 0.1) is 20.1 Å². The molecule has 4 nitrogen and oxygen atoms in total. The zero-order valence-electron chi connectivity index (χ0n) is 17.0. The van der Waals surface area contributed by atoms with Crippen LogP contribution in [0.4, 0.5) is 0 Å². The Morgan fingerprint density at radius 1 is 0.862 bits per heavy atom. The summed E-state index contributed by atoms with van der Waals surface area (Å²) in [6.45, 7) is 2.01. The summed E-state index contributed by atoms with van der Waals surface area (Å²) in [4.78, 5) is 12.5. The molecule has 3 aromatic rings. The average Bonchev–Trinajstić information content (AvgIpc) is 2.77. The predicted octanol–water partition coefficient (Wildman–Crippen LogP) is 4.95. The Morgan fingerprint density at radius 2 is 1.38 bits per heavy atom. The number of aliphatic carboxylic acids is 1. The van der Waals surface area contributed by atoms with Crippen LogP contribution < -0.4 is 9.47 Å². The number of ether oxygens (including phenoxy) is 2. The van der Waals surface area contributed by atoms with Gasteiger partial charge in [0.15, 0.2) is 11.5 Å². The molecule has 0 bridgehead atoms. The van der Waals surface area contributed by atoms with Crippen LogP contribution in [0, 0.1) is 5.92 Å². The Bertz CT molecular complexity index is 912. The van der Waals surface area contributed by atoms with Gasteiger partial charge < -0.3 is 14.6 Å². The molecule has 0 amide bonds. The summed E-state index contributed by atoms with van der Waals surface area (Å²) in [6.07, 6.45) is 0.357. The summed E-state index contributed by atoms with van der Waals surface area (Å²) < 4.78 is 10.7. The number of carboxylic acids is 1. The lowest BCUT2D eigenvalue weighted by Crippen LogP contribution is -2.40. The molecule has 1 atom stereocenters. The van der Waals surface area contributed by atoms with Crippen LogP contribution in [0.1, 0.15) is 23.6 Å². The van der Waals surface area contributed by atoms with Crippen LogP contribution in [0.25, 0.3) is 0 Å². The van der Waals surface area contributed by atoms with Gasteiger partial charge >= 0.3 is 5.97 Å². The van der Waals surface area contributed by atoms with E-state index in [1.807, 2.05) is 85.8 Å². The first kappa shape index (κ1) is 20.5. The molecule has 0 aliphatic rings. The fraction of sp³-hybridized carbons (Fsp3) is 0.240. The Kier molecular flexibility index (Phi) is 6.23. The molecule has 0 radical (unpaired) electrons. The predicted molar refractivity (Wildman–Crippen MR) is 114 cm³/mol. The molecule has 0 fully saturated rings. The maximum Gasteiger partial charge on any atom is 0.308 e. The number of rotatable bonds is 8. The summed E-state index contributed by atoms with van der Waals surface area (Å²) in [7, 11) is 3.16. The highest BCUT2D eigenvalue weighted by Crippen LogP contribution is 2.41. The van der Waals surface area contributed by atoms with E-state index >= 15 is 0 Å². The fourth-order valence-corrected chi connectivity index (χ4v) is 3.92. The molecule has 1 N–H and O–H groups in total. The summed E-state index contributed by atoms with van der Waals surface area (Å²) in [5, 5.41) is 10.3. The molecule has 0 aliphatic heterocycles. The molecule has 0 aromatic heterocycles. The molecule has 0 saturated heterocycles. The van der Waals surface area contributed by atoms with Gasteiger partial charge in [-0.1, -0.05) is 73.7 Å². The van der Waals surface area contributed by atoms with Gasteiger partial charge in [0.25, 0.3) is 0 Å². The summed E-state index contributed by atoms with van der Waals surface area (Å²) in [5.74, 6) is -0.298. The van der Waals surface area contributed by atoms with E-state index in [0.717, 1.165) is 16.7 Å². The van der Waals surface area contributed by atoms with Gasteiger partial charge in [0.1, 0.15) is 0 Å². The van der Waals surface area contributed by atoms with Gasteiger partial charge in [-0.15, -0.1) is 0 Å². The normalized spacial score (nSPS) is 12.2. The molecule has 29 heavy (non-hydrogen) atoms. The van der Waals surface area contributed by atoms with Gasteiger partial charge in [-0.2, -0.15) is 0 Å². The van der Waals surface area contributed by atoms with E-state index in [0.29, 0.717) is 17.9 Å². The van der Waals surface area contributed by atoms with Crippen molar-refractivity contribution in [2.75, 3.05) is 14.2 Å². The van der Waals surface area contributed by atoms with Gasteiger partial charge in [-0.05, 0) is 35.2 Å². The van der Waals surface area contributed by atoms with Crippen molar-refractivity contribution in [1.82, 2.24) is 0 Å². The lowest BCUT2D eigenvalue weighted by atomic mass is 9.65. The van der Waals surface area contributed by atoms with Crippen molar-refractivity contribution < 1.29 is 19.4 Å². The van der Waals surface area contributed by atoms with E-state index in [1.54, 1.807) is 14.2 Å². The second kappa shape index (κ2) is 8.82. The van der Waals surface area contributed by atoms with Crippen LogP contribution >= 0.6 is 0 Å². The van der Waals surface area contributed by atoms with E-state index in [4.69, 9.17) is 9.47 Å². The first-order valence-corrected chi connectivity index (χ1v) is 9.55. The molecule has 3 aromatic carbocycles. The summed E-state index contributed by atoms with van der Waals surface area (Å²) >= 11 is 0. The first-order chi connectivity index (χ1) is 14.0. The molecule has 0 spiro atoms. The van der Waals surface area contributed by atoms with Crippen molar-refractivity contribution in [1.29, 1.82) is 0 Å². The number of methoxy groups -OCH3 is 2. The highest BCUT2D eigenvalue weighted by molar-refractivity contribution is 5.74. The molecule has 0 unspecified atom stereocenters. The number of hydrogen-bond donors (Lipinski definition) is 1. The SMILES string of the molecule is COc1ccc(C[C@H](C(=O)O)C(C)(c2ccccc2)c2ccccc2)cc1OC. The Labute approximate surface area is 171 Å². The quantitative estimate of drug-likeness (QED) is 0.591. The van der Waals surface area contributed by atoms with E-state index in [9.17, 15) is 9.90 Å². The van der Waals surface area contributed by atoms with E-state index in [-0.39, 0.29) is 0 Å². The Balaban J connectivity index is 2.10. The molecule has 0 aliphatic carbocycles. The maximum atomic E-state index is 12.5. The van der Waals surface area contributed by atoms with E-state index in [2.05, 4.69) is 0 Å². The largest absolute Gasteiger partial charge is 0.493 e. The highest BCUT2D eigenvalue weighted by atomic mass is 16.5. The van der Waals surface area contributed by atoms with Gasteiger partial charge in [0, 0.05) is 5.41 Å². The molecular weight excluding hydrogens is 364 g/mol. The monoisotopic (exact) mass is 390 g/mol. The van der Waals surface area contributed by atoms with Gasteiger partial charge in [0.2, 0.25) is 0 Å². The molecule has 0 heterocycles. The smallest absolute Gasteiger partial charge is 0.308 e. The molecule has 0 saturated carbocycles. The van der Waals surface area contributed by atoms with Crippen LogP contribution in [-0.4, -0.2) is 25.3 Å². The minimum atomic E-state index is -0.838. The first-order valence-electron chi connectivity index (χ1n) is 9.55. The zero-order valence-corrected chi connectivity index (χ0v) is 17.0. The minimum Gasteiger partial charge on any atom is -0.493 e. The highest BCUT2D eigenvalue weighted by Gasteiger charge is 2.42. The molecule has 150 valence electrons. The summed E-state index contributed by atoms with van der Waals surface area (Å²) in [5.41, 5.74) is 2.12. The number of hydrogen-bond acceptors (Lipinski definition) is 3. The lowest BCUT2D eigenvalue weighted by Gasteiger charge is -2.37. The van der Waals surface area contributed by atoms with Crippen LogP contribution in [0.5, 0.6) is 11.5 Å². The Morgan fingerprint density at radius 3 is 1.83 bits per heavy atom. The van der Waals surface area contributed by atoms with Crippen molar-refractivity contribution in [3.63, 3.8) is 0 Å². The van der Waals surface area contributed by atoms with Gasteiger partial charge in [-0.25, -0.2) is 0 Å².